The van der Waals surface area contributed by atoms with Gasteiger partial charge in [-0.25, -0.2) is 0 Å². The van der Waals surface area contributed by atoms with Crippen LogP contribution in [0.25, 0.3) is 0 Å². The minimum absolute atomic E-state index is 0.0394. The molecule has 4 nitrogen and oxygen atoms in total. The van der Waals surface area contributed by atoms with Gasteiger partial charge < -0.3 is 19.7 Å². The lowest BCUT2D eigenvalue weighted by Gasteiger charge is -2.50. The molecule has 2 fully saturated rings. The van der Waals surface area contributed by atoms with Crippen LogP contribution in [0.1, 0.15) is 12.8 Å². The van der Waals surface area contributed by atoms with Gasteiger partial charge in [0.2, 0.25) is 0 Å². The van der Waals surface area contributed by atoms with Gasteiger partial charge in [-0.2, -0.15) is 0 Å². The Morgan fingerprint density at radius 2 is 2.00 bits per heavy atom. The predicted molar refractivity (Wildman–Crippen MR) is 47.4 cm³/mol. The highest BCUT2D eigenvalue weighted by molar-refractivity contribution is 5.08. The molecule has 0 spiro atoms. The van der Waals surface area contributed by atoms with Crippen LogP contribution in [-0.4, -0.2) is 40.7 Å². The van der Waals surface area contributed by atoms with Crippen molar-refractivity contribution in [2.45, 2.75) is 43.4 Å². The zero-order chi connectivity index (χ0) is 9.71. The van der Waals surface area contributed by atoms with Crippen LogP contribution in [-0.2, 0) is 9.47 Å². The Morgan fingerprint density at radius 1 is 1.14 bits per heavy atom. The summed E-state index contributed by atoms with van der Waals surface area (Å²) >= 11 is 0. The van der Waals surface area contributed by atoms with Crippen molar-refractivity contribution in [3.05, 3.63) is 12.3 Å². The molecule has 0 aliphatic carbocycles. The molecule has 14 heavy (non-hydrogen) atoms. The Bertz CT molecular complexity index is 265. The molecule has 0 saturated carbocycles. The largest absolute Gasteiger partial charge is 0.493 e. The van der Waals surface area contributed by atoms with Gasteiger partial charge in [0.1, 0.15) is 12.2 Å². The molecule has 0 aromatic carbocycles. The van der Waals surface area contributed by atoms with Crippen molar-refractivity contribution in [1.29, 1.82) is 0 Å². The molecule has 3 aliphatic rings. The molecule has 0 radical (unpaired) electrons. The fourth-order valence-electron chi connectivity index (χ4n) is 2.70. The van der Waals surface area contributed by atoms with E-state index in [1.165, 1.54) is 0 Å². The van der Waals surface area contributed by atoms with Crippen molar-refractivity contribution in [3.8, 4) is 0 Å². The molecule has 3 heterocycles. The van der Waals surface area contributed by atoms with E-state index < -0.39 is 18.3 Å². The third-order valence-corrected chi connectivity index (χ3v) is 3.48. The van der Waals surface area contributed by atoms with Crippen molar-refractivity contribution in [2.24, 2.45) is 5.92 Å². The van der Waals surface area contributed by atoms with Crippen LogP contribution >= 0.6 is 0 Å². The van der Waals surface area contributed by atoms with Crippen LogP contribution < -0.4 is 0 Å². The summed E-state index contributed by atoms with van der Waals surface area (Å²) in [5.74, 6) is 0.0394. The lowest BCUT2D eigenvalue weighted by Crippen LogP contribution is -2.62. The van der Waals surface area contributed by atoms with Crippen LogP contribution in [0.4, 0.5) is 0 Å². The molecule has 3 rings (SSSR count). The molecule has 3 aliphatic heterocycles. The van der Waals surface area contributed by atoms with Crippen LogP contribution in [0.15, 0.2) is 12.3 Å². The number of aliphatic hydroxyl groups is 2. The number of hydrogen-bond donors (Lipinski definition) is 2. The summed E-state index contributed by atoms with van der Waals surface area (Å²) in [6, 6.07) is 0. The van der Waals surface area contributed by atoms with E-state index in [2.05, 4.69) is 0 Å². The fraction of sp³-hybridized carbons (Fsp3) is 0.800. The summed E-state index contributed by atoms with van der Waals surface area (Å²) in [6.45, 7) is 0. The third-order valence-electron chi connectivity index (χ3n) is 3.48. The van der Waals surface area contributed by atoms with E-state index in [1.54, 1.807) is 6.26 Å². The van der Waals surface area contributed by atoms with Crippen LogP contribution in [0.5, 0.6) is 0 Å². The minimum atomic E-state index is -0.529. The zero-order valence-corrected chi connectivity index (χ0v) is 7.74. The standard InChI is InChI=1S/C10H14O4/c11-6-1-2-7-5-3-4-13-10(8(5)12)9(6)14-7/h3-12H,1-2H2/t5-,6-,7+,8+,9-,10-/m1/s1. The molecule has 0 aromatic heterocycles. The molecule has 0 unspecified atom stereocenters. The Morgan fingerprint density at radius 3 is 2.86 bits per heavy atom. The maximum Gasteiger partial charge on any atom is 0.153 e. The van der Waals surface area contributed by atoms with Crippen LogP contribution in [0, 0.1) is 5.92 Å². The van der Waals surface area contributed by atoms with Gasteiger partial charge in [-0.1, -0.05) is 0 Å². The van der Waals surface area contributed by atoms with E-state index in [0.717, 1.165) is 12.8 Å². The smallest absolute Gasteiger partial charge is 0.153 e. The second kappa shape index (κ2) is 2.95. The van der Waals surface area contributed by atoms with Crippen molar-refractivity contribution >= 4 is 0 Å². The van der Waals surface area contributed by atoms with Crippen LogP contribution in [0.2, 0.25) is 0 Å². The summed E-state index contributed by atoms with van der Waals surface area (Å²) in [5, 5.41) is 19.7. The van der Waals surface area contributed by atoms with Crippen molar-refractivity contribution in [1.82, 2.24) is 0 Å². The number of ether oxygens (including phenoxy) is 2. The first kappa shape index (κ1) is 8.71. The van der Waals surface area contributed by atoms with E-state index in [9.17, 15) is 10.2 Å². The van der Waals surface area contributed by atoms with Gasteiger partial charge >= 0.3 is 0 Å². The summed E-state index contributed by atoms with van der Waals surface area (Å²) in [5.41, 5.74) is 0. The van der Waals surface area contributed by atoms with E-state index in [4.69, 9.17) is 9.47 Å². The van der Waals surface area contributed by atoms with Crippen LogP contribution in [0.3, 0.4) is 0 Å². The van der Waals surface area contributed by atoms with Gasteiger partial charge in [-0.05, 0) is 18.9 Å². The molecule has 2 N–H and O–H groups in total. The highest BCUT2D eigenvalue weighted by Gasteiger charge is 2.51. The lowest BCUT2D eigenvalue weighted by molar-refractivity contribution is -0.247. The van der Waals surface area contributed by atoms with Gasteiger partial charge in [-0.3, -0.25) is 0 Å². The highest BCUT2D eigenvalue weighted by Crippen LogP contribution is 2.39. The average molecular weight is 198 g/mol. The molecular formula is C10H14O4. The fourth-order valence-corrected chi connectivity index (χ4v) is 2.70. The van der Waals surface area contributed by atoms with Gasteiger partial charge in [0.15, 0.2) is 6.10 Å². The molecule has 2 saturated heterocycles. The summed E-state index contributed by atoms with van der Waals surface area (Å²) in [4.78, 5) is 0. The highest BCUT2D eigenvalue weighted by atomic mass is 16.6. The predicted octanol–water partition coefficient (Wildman–Crippen LogP) is -0.202. The van der Waals surface area contributed by atoms with Gasteiger partial charge in [0.25, 0.3) is 0 Å². The monoisotopic (exact) mass is 198 g/mol. The number of fused-ring (bicyclic) bond motifs is 6. The van der Waals surface area contributed by atoms with E-state index in [-0.39, 0.29) is 18.1 Å². The third kappa shape index (κ3) is 1.05. The molecular weight excluding hydrogens is 184 g/mol. The normalized spacial score (nSPS) is 55.3. The molecule has 4 heteroatoms. The Labute approximate surface area is 82.1 Å². The van der Waals surface area contributed by atoms with Crippen molar-refractivity contribution in [2.75, 3.05) is 0 Å². The maximum atomic E-state index is 9.94. The average Bonchev–Trinajstić information content (AvgIpc) is 2.17. The van der Waals surface area contributed by atoms with Crippen molar-refractivity contribution in [3.63, 3.8) is 0 Å². The van der Waals surface area contributed by atoms with Gasteiger partial charge in [0, 0.05) is 5.92 Å². The summed E-state index contributed by atoms with van der Waals surface area (Å²) in [6.07, 6.45) is 3.32. The quantitative estimate of drug-likeness (QED) is 0.566. The lowest BCUT2D eigenvalue weighted by atomic mass is 9.78. The van der Waals surface area contributed by atoms with Gasteiger partial charge in [-0.15, -0.1) is 0 Å². The molecule has 0 amide bonds. The summed E-state index contributed by atoms with van der Waals surface area (Å²) in [7, 11) is 0. The van der Waals surface area contributed by atoms with E-state index in [0.29, 0.717) is 0 Å². The molecule has 6 atom stereocenters. The van der Waals surface area contributed by atoms with E-state index >= 15 is 0 Å². The number of hydrogen-bond acceptors (Lipinski definition) is 4. The SMILES string of the molecule is O[C@H]1[C@@H]2C=CO[C@H]1[C@@H]1O[C@H]2CC[C@H]1O. The Balaban J connectivity index is 1.95. The minimum Gasteiger partial charge on any atom is -0.493 e. The Kier molecular flexibility index (Phi) is 1.84. The second-order valence-electron chi connectivity index (χ2n) is 4.28. The molecule has 78 valence electrons. The number of rotatable bonds is 0. The van der Waals surface area contributed by atoms with Crippen molar-refractivity contribution < 1.29 is 19.7 Å². The molecule has 0 aromatic rings. The first-order chi connectivity index (χ1) is 6.77. The second-order valence-corrected chi connectivity index (χ2v) is 4.28. The van der Waals surface area contributed by atoms with Gasteiger partial charge in [0.05, 0.1) is 18.5 Å². The molecule has 4 bridgehead atoms. The first-order valence-electron chi connectivity index (χ1n) is 5.11. The maximum absolute atomic E-state index is 9.94. The Hall–Kier alpha value is -0.580. The topological polar surface area (TPSA) is 58.9 Å². The summed E-state index contributed by atoms with van der Waals surface area (Å²) < 4.78 is 11.0. The first-order valence-corrected chi connectivity index (χ1v) is 5.11. The number of aliphatic hydroxyl groups excluding tert-OH is 2. The zero-order valence-electron chi connectivity index (χ0n) is 7.74. The van der Waals surface area contributed by atoms with E-state index in [1.807, 2.05) is 6.08 Å².